The van der Waals surface area contributed by atoms with Crippen LogP contribution in [0.5, 0.6) is 0 Å². The number of halogens is 2. The van der Waals surface area contributed by atoms with Crippen LogP contribution in [0.25, 0.3) is 16.7 Å². The molecule has 138 valence electrons. The summed E-state index contributed by atoms with van der Waals surface area (Å²) in [5.41, 5.74) is 6.17. The van der Waals surface area contributed by atoms with Gasteiger partial charge in [0.1, 0.15) is 11.6 Å². The summed E-state index contributed by atoms with van der Waals surface area (Å²) in [6.07, 6.45) is 3.58. The highest BCUT2D eigenvalue weighted by atomic mass is 35.5. The van der Waals surface area contributed by atoms with E-state index < -0.39 is 0 Å². The fraction of sp³-hybridized carbons (Fsp3) is 0.150. The number of hydrogen-bond acceptors (Lipinski definition) is 4. The number of benzene rings is 2. The summed E-state index contributed by atoms with van der Waals surface area (Å²) < 4.78 is 15.9. The maximum Gasteiger partial charge on any atom is 0.136 e. The van der Waals surface area contributed by atoms with Crippen LogP contribution in [0.3, 0.4) is 0 Å². The second-order valence-corrected chi connectivity index (χ2v) is 6.82. The lowest BCUT2D eigenvalue weighted by atomic mass is 10.2. The molecule has 0 bridgehead atoms. The number of fused-ring (bicyclic) bond motifs is 1. The number of imidazole rings is 1. The molecule has 0 saturated heterocycles. The second kappa shape index (κ2) is 6.96. The van der Waals surface area contributed by atoms with E-state index >= 15 is 0 Å². The van der Waals surface area contributed by atoms with Gasteiger partial charge in [-0.2, -0.15) is 0 Å². The molecule has 2 N–H and O–H groups in total. The van der Waals surface area contributed by atoms with Gasteiger partial charge in [-0.15, -0.1) is 0 Å². The molecule has 5 nitrogen and oxygen atoms in total. The first-order valence-electron chi connectivity index (χ1n) is 8.59. The molecule has 1 aromatic heterocycles. The highest BCUT2D eigenvalue weighted by molar-refractivity contribution is 6.31. The number of para-hydroxylation sites is 1. The topological polar surface area (TPSA) is 45.1 Å². The molecule has 1 aliphatic rings. The molecule has 27 heavy (non-hydrogen) atoms. The summed E-state index contributed by atoms with van der Waals surface area (Å²) in [4.78, 5) is 4.75. The van der Waals surface area contributed by atoms with Crippen LogP contribution < -0.4 is 10.7 Å². The molecule has 3 aromatic rings. The van der Waals surface area contributed by atoms with Crippen molar-refractivity contribution in [3.63, 3.8) is 0 Å². The van der Waals surface area contributed by atoms with Crippen molar-refractivity contribution >= 4 is 22.6 Å². The zero-order valence-corrected chi connectivity index (χ0v) is 15.7. The summed E-state index contributed by atoms with van der Waals surface area (Å²) in [6, 6.07) is 14.3. The van der Waals surface area contributed by atoms with Crippen LogP contribution >= 0.6 is 11.6 Å². The van der Waals surface area contributed by atoms with Gasteiger partial charge < -0.3 is 10.7 Å². The van der Waals surface area contributed by atoms with Gasteiger partial charge in [-0.05, 0) is 31.2 Å². The first-order valence-corrected chi connectivity index (χ1v) is 8.97. The minimum absolute atomic E-state index is 0.166. The fourth-order valence-corrected chi connectivity index (χ4v) is 3.29. The molecule has 0 spiro atoms. The number of hydrogen-bond donors (Lipinski definition) is 2. The van der Waals surface area contributed by atoms with E-state index in [2.05, 4.69) is 10.7 Å². The first-order chi connectivity index (χ1) is 13.0. The molecule has 0 fully saturated rings. The molecule has 1 aliphatic heterocycles. The summed E-state index contributed by atoms with van der Waals surface area (Å²) in [5.74, 6) is 0.480. The van der Waals surface area contributed by atoms with E-state index in [1.54, 1.807) is 17.3 Å². The van der Waals surface area contributed by atoms with Gasteiger partial charge in [-0.1, -0.05) is 29.8 Å². The van der Waals surface area contributed by atoms with Crippen LogP contribution in [-0.4, -0.2) is 21.6 Å². The van der Waals surface area contributed by atoms with Crippen molar-refractivity contribution in [3.05, 3.63) is 83.3 Å². The Morgan fingerprint density at radius 3 is 2.74 bits per heavy atom. The van der Waals surface area contributed by atoms with Crippen LogP contribution in [0, 0.1) is 5.82 Å². The maximum absolute atomic E-state index is 13.9. The number of allylic oxidation sites excluding steroid dienone is 1. The minimum Gasteiger partial charge on any atom is -0.373 e. The SMILES string of the molecule is C[C@H](NC1=CN(C)NC=C1Cl)c1nc2ccc(F)cc2n1-c1ccccc1. The summed E-state index contributed by atoms with van der Waals surface area (Å²) in [7, 11) is 1.88. The zero-order chi connectivity index (χ0) is 19.0. The van der Waals surface area contributed by atoms with Gasteiger partial charge in [-0.25, -0.2) is 9.37 Å². The molecule has 0 saturated carbocycles. The molecule has 0 aliphatic carbocycles. The molecular weight excluding hydrogens is 365 g/mol. The number of aromatic nitrogens is 2. The van der Waals surface area contributed by atoms with E-state index in [0.29, 0.717) is 5.03 Å². The van der Waals surface area contributed by atoms with Crippen molar-refractivity contribution in [2.75, 3.05) is 7.05 Å². The van der Waals surface area contributed by atoms with Crippen LogP contribution in [0.2, 0.25) is 0 Å². The molecule has 0 amide bonds. The largest absolute Gasteiger partial charge is 0.373 e. The molecule has 2 aromatic carbocycles. The van der Waals surface area contributed by atoms with Crippen LogP contribution in [0.4, 0.5) is 4.39 Å². The van der Waals surface area contributed by atoms with Gasteiger partial charge in [0.15, 0.2) is 0 Å². The Kier molecular flexibility index (Phi) is 4.49. The Morgan fingerprint density at radius 2 is 1.96 bits per heavy atom. The van der Waals surface area contributed by atoms with Crippen molar-refractivity contribution < 1.29 is 4.39 Å². The van der Waals surface area contributed by atoms with Crippen molar-refractivity contribution in [2.24, 2.45) is 0 Å². The molecule has 2 heterocycles. The van der Waals surface area contributed by atoms with Crippen LogP contribution in [0.15, 0.2) is 71.7 Å². The van der Waals surface area contributed by atoms with Crippen molar-refractivity contribution in [2.45, 2.75) is 13.0 Å². The highest BCUT2D eigenvalue weighted by Gasteiger charge is 2.20. The van der Waals surface area contributed by atoms with Gasteiger partial charge in [0.2, 0.25) is 0 Å². The Hall–Kier alpha value is -2.99. The lowest BCUT2D eigenvalue weighted by Gasteiger charge is -2.25. The lowest BCUT2D eigenvalue weighted by molar-refractivity contribution is 0.372. The third-order valence-corrected chi connectivity index (χ3v) is 4.70. The summed E-state index contributed by atoms with van der Waals surface area (Å²) in [6.45, 7) is 2.00. The van der Waals surface area contributed by atoms with Crippen molar-refractivity contribution in [1.29, 1.82) is 0 Å². The third-order valence-electron chi connectivity index (χ3n) is 4.39. The molecule has 0 unspecified atom stereocenters. The van der Waals surface area contributed by atoms with E-state index in [4.69, 9.17) is 16.6 Å². The smallest absolute Gasteiger partial charge is 0.136 e. The monoisotopic (exact) mass is 383 g/mol. The first kappa shape index (κ1) is 17.4. The number of nitrogens with one attached hydrogen (secondary N) is 2. The Labute approximate surface area is 161 Å². The number of hydrazine groups is 1. The normalized spacial score (nSPS) is 15.2. The van der Waals surface area contributed by atoms with Gasteiger partial charge in [0.05, 0.1) is 27.8 Å². The Bertz CT molecular complexity index is 1040. The number of rotatable bonds is 4. The lowest BCUT2D eigenvalue weighted by Crippen LogP contribution is -2.32. The Morgan fingerprint density at radius 1 is 1.19 bits per heavy atom. The van der Waals surface area contributed by atoms with E-state index in [1.165, 1.54) is 12.1 Å². The van der Waals surface area contributed by atoms with E-state index in [-0.39, 0.29) is 11.9 Å². The van der Waals surface area contributed by atoms with Crippen LogP contribution in [0.1, 0.15) is 18.8 Å². The molecule has 1 atom stereocenters. The fourth-order valence-electron chi connectivity index (χ4n) is 3.14. The molecule has 7 heteroatoms. The van der Waals surface area contributed by atoms with Gasteiger partial charge in [0, 0.05) is 31.2 Å². The van der Waals surface area contributed by atoms with Gasteiger partial charge in [0.25, 0.3) is 0 Å². The molecule has 4 rings (SSSR count). The molecular formula is C20H19ClFN5. The second-order valence-electron chi connectivity index (χ2n) is 6.42. The highest BCUT2D eigenvalue weighted by Crippen LogP contribution is 2.27. The zero-order valence-electron chi connectivity index (χ0n) is 14.9. The molecule has 0 radical (unpaired) electrons. The predicted octanol–water partition coefficient (Wildman–Crippen LogP) is 4.19. The van der Waals surface area contributed by atoms with Crippen molar-refractivity contribution in [3.8, 4) is 5.69 Å². The summed E-state index contributed by atoms with van der Waals surface area (Å²) >= 11 is 6.30. The van der Waals surface area contributed by atoms with Gasteiger partial charge in [-0.3, -0.25) is 9.58 Å². The average Bonchev–Trinajstić information content (AvgIpc) is 3.04. The summed E-state index contributed by atoms with van der Waals surface area (Å²) in [5, 5.41) is 5.78. The standard InChI is InChI=1S/C20H19ClFN5/c1-13(24-18-12-26(2)23-11-16(18)21)20-25-17-9-8-14(22)10-19(17)27(20)15-6-4-3-5-7-15/h3-13,23-24H,1-2H3/t13-/m0/s1. The van der Waals surface area contributed by atoms with Gasteiger partial charge >= 0.3 is 0 Å². The third kappa shape index (κ3) is 3.36. The van der Waals surface area contributed by atoms with E-state index in [1.807, 2.05) is 55.1 Å². The maximum atomic E-state index is 13.9. The minimum atomic E-state index is -0.291. The predicted molar refractivity (Wildman–Crippen MR) is 105 cm³/mol. The van der Waals surface area contributed by atoms with E-state index in [9.17, 15) is 4.39 Å². The quantitative estimate of drug-likeness (QED) is 0.709. The average molecular weight is 384 g/mol. The Balaban J connectivity index is 1.80. The number of nitrogens with zero attached hydrogens (tertiary/aromatic N) is 3. The van der Waals surface area contributed by atoms with Crippen molar-refractivity contribution in [1.82, 2.24) is 25.3 Å². The van der Waals surface area contributed by atoms with E-state index in [0.717, 1.165) is 28.2 Å². The van der Waals surface area contributed by atoms with Crippen LogP contribution in [-0.2, 0) is 0 Å².